The first-order valence-electron chi connectivity index (χ1n) is 15.8. The molecule has 2 heterocycles. The molecule has 0 aliphatic carbocycles. The molecule has 9 nitrogen and oxygen atoms in total. The maximum Gasteiger partial charge on any atom is 0.490 e. The molecular weight excluding hydrogens is 632 g/mol. The first kappa shape index (κ1) is 36.3. The van der Waals surface area contributed by atoms with E-state index in [1.165, 1.54) is 16.5 Å². The largest absolute Gasteiger partial charge is 0.490 e. The SMILES string of the molecule is C[C@H]1CN(Cc2cccc(-c3cc(CNC(=O)c4cccc(CC5CCNCC5)c4)ccc3F)c2)CCN1C(=O)O.O=C(O)C(F)(F)F. The Bertz CT molecular complexity index is 1580. The molecule has 0 aromatic heterocycles. The van der Waals surface area contributed by atoms with E-state index in [1.807, 2.05) is 49.4 Å². The van der Waals surface area contributed by atoms with E-state index in [0.29, 0.717) is 49.8 Å². The fourth-order valence-electron chi connectivity index (χ4n) is 6.00. The Morgan fingerprint density at radius 1 is 0.917 bits per heavy atom. The molecule has 2 fully saturated rings. The number of carbonyl (C=O) groups excluding carboxylic acids is 1. The van der Waals surface area contributed by atoms with Crippen molar-refractivity contribution in [3.63, 3.8) is 0 Å². The van der Waals surface area contributed by atoms with Gasteiger partial charge in [-0.25, -0.2) is 14.0 Å². The third-order valence-electron chi connectivity index (χ3n) is 8.50. The van der Waals surface area contributed by atoms with Crippen LogP contribution in [0.1, 0.15) is 46.8 Å². The molecule has 2 aliphatic heterocycles. The van der Waals surface area contributed by atoms with Crippen LogP contribution < -0.4 is 10.6 Å². The van der Waals surface area contributed by atoms with Crippen LogP contribution in [0, 0.1) is 11.7 Å². The van der Waals surface area contributed by atoms with Gasteiger partial charge in [-0.05, 0) is 97.8 Å². The maximum absolute atomic E-state index is 15.0. The zero-order valence-electron chi connectivity index (χ0n) is 26.6. The van der Waals surface area contributed by atoms with Crippen LogP contribution >= 0.6 is 0 Å². The van der Waals surface area contributed by atoms with Crippen molar-refractivity contribution in [2.45, 2.75) is 51.5 Å². The minimum Gasteiger partial charge on any atom is -0.475 e. The van der Waals surface area contributed by atoms with Gasteiger partial charge in [0.2, 0.25) is 0 Å². The molecule has 258 valence electrons. The number of aliphatic carboxylic acids is 1. The number of carboxylic acids is 1. The lowest BCUT2D eigenvalue weighted by Crippen LogP contribution is -2.53. The zero-order valence-corrected chi connectivity index (χ0v) is 26.6. The van der Waals surface area contributed by atoms with E-state index in [4.69, 9.17) is 9.90 Å². The number of hydrogen-bond donors (Lipinski definition) is 4. The molecule has 5 rings (SSSR count). The molecule has 2 amide bonds. The van der Waals surface area contributed by atoms with Crippen LogP contribution in [0.5, 0.6) is 0 Å². The van der Waals surface area contributed by atoms with E-state index in [1.54, 1.807) is 12.1 Å². The Labute approximate surface area is 276 Å². The average Bonchev–Trinajstić information content (AvgIpc) is 3.04. The van der Waals surface area contributed by atoms with E-state index in [9.17, 15) is 32.3 Å². The summed E-state index contributed by atoms with van der Waals surface area (Å²) in [6.45, 7) is 6.78. The predicted octanol–water partition coefficient (Wildman–Crippen LogP) is 5.78. The minimum absolute atomic E-state index is 0.0781. The number of nitrogens with zero attached hydrogens (tertiary/aromatic N) is 2. The molecule has 2 saturated heterocycles. The van der Waals surface area contributed by atoms with Gasteiger partial charge in [-0.15, -0.1) is 0 Å². The van der Waals surface area contributed by atoms with Crippen LogP contribution in [0.15, 0.2) is 66.7 Å². The molecule has 2 aliphatic rings. The van der Waals surface area contributed by atoms with Crippen molar-refractivity contribution in [3.8, 4) is 11.1 Å². The number of halogens is 4. The second kappa shape index (κ2) is 16.6. The summed E-state index contributed by atoms with van der Waals surface area (Å²) >= 11 is 0. The highest BCUT2D eigenvalue weighted by atomic mass is 19.4. The molecule has 1 atom stereocenters. The van der Waals surface area contributed by atoms with Gasteiger partial charge < -0.3 is 25.7 Å². The summed E-state index contributed by atoms with van der Waals surface area (Å²) in [5.74, 6) is -2.56. The molecule has 4 N–H and O–H groups in total. The quantitative estimate of drug-likeness (QED) is 0.224. The number of piperazine rings is 1. The van der Waals surface area contributed by atoms with Crippen molar-refractivity contribution >= 4 is 18.0 Å². The Balaban J connectivity index is 0.000000671. The molecule has 3 aromatic carbocycles. The highest BCUT2D eigenvalue weighted by molar-refractivity contribution is 5.94. The number of rotatable bonds is 8. The van der Waals surface area contributed by atoms with Gasteiger partial charge in [0.15, 0.2) is 0 Å². The van der Waals surface area contributed by atoms with Gasteiger partial charge in [0, 0.05) is 49.9 Å². The van der Waals surface area contributed by atoms with E-state index in [2.05, 4.69) is 21.6 Å². The molecule has 0 spiro atoms. The highest BCUT2D eigenvalue weighted by Crippen LogP contribution is 2.26. The van der Waals surface area contributed by atoms with E-state index < -0.39 is 18.2 Å². The van der Waals surface area contributed by atoms with Crippen LogP contribution in [0.25, 0.3) is 11.1 Å². The topological polar surface area (TPSA) is 122 Å². The Morgan fingerprint density at radius 3 is 2.27 bits per heavy atom. The summed E-state index contributed by atoms with van der Waals surface area (Å²) in [6, 6.07) is 20.6. The lowest BCUT2D eigenvalue weighted by Gasteiger charge is -2.38. The van der Waals surface area contributed by atoms with Crippen LogP contribution in [0.3, 0.4) is 0 Å². The van der Waals surface area contributed by atoms with Gasteiger partial charge in [-0.2, -0.15) is 13.2 Å². The molecule has 0 saturated carbocycles. The smallest absolute Gasteiger partial charge is 0.475 e. The van der Waals surface area contributed by atoms with E-state index in [0.717, 1.165) is 49.0 Å². The highest BCUT2D eigenvalue weighted by Gasteiger charge is 2.38. The number of benzene rings is 3. The number of nitrogens with one attached hydrogen (secondary N) is 2. The van der Waals surface area contributed by atoms with Crippen LogP contribution in [-0.4, -0.2) is 82.9 Å². The Morgan fingerprint density at radius 2 is 1.60 bits per heavy atom. The molecule has 0 bridgehead atoms. The summed E-state index contributed by atoms with van der Waals surface area (Å²) < 4.78 is 46.7. The first-order valence-corrected chi connectivity index (χ1v) is 15.8. The second-order valence-corrected chi connectivity index (χ2v) is 12.2. The van der Waals surface area contributed by atoms with Crippen molar-refractivity contribution in [2.24, 2.45) is 5.92 Å². The maximum atomic E-state index is 15.0. The Kier molecular flexibility index (Phi) is 12.5. The molecular formula is C35H40F4N4O5. The van der Waals surface area contributed by atoms with Crippen LogP contribution in [0.2, 0.25) is 0 Å². The van der Waals surface area contributed by atoms with Crippen molar-refractivity contribution in [1.29, 1.82) is 0 Å². The lowest BCUT2D eigenvalue weighted by molar-refractivity contribution is -0.192. The zero-order chi connectivity index (χ0) is 34.8. The fraction of sp³-hybridized carbons (Fsp3) is 0.400. The summed E-state index contributed by atoms with van der Waals surface area (Å²) in [7, 11) is 0. The van der Waals surface area contributed by atoms with Gasteiger partial charge in [0.05, 0.1) is 0 Å². The molecule has 0 unspecified atom stereocenters. The average molecular weight is 673 g/mol. The van der Waals surface area contributed by atoms with Crippen LogP contribution in [0.4, 0.5) is 22.4 Å². The van der Waals surface area contributed by atoms with Gasteiger partial charge in [-0.1, -0.05) is 36.4 Å². The van der Waals surface area contributed by atoms with Crippen molar-refractivity contribution in [2.75, 3.05) is 32.7 Å². The number of alkyl halides is 3. The number of carbonyl (C=O) groups is 3. The van der Waals surface area contributed by atoms with Crippen molar-refractivity contribution < 1.29 is 42.2 Å². The molecule has 48 heavy (non-hydrogen) atoms. The lowest BCUT2D eigenvalue weighted by atomic mass is 9.90. The summed E-state index contributed by atoms with van der Waals surface area (Å²) in [4.78, 5) is 36.9. The summed E-state index contributed by atoms with van der Waals surface area (Å²) in [6.07, 6.45) is -2.66. The summed E-state index contributed by atoms with van der Waals surface area (Å²) in [5, 5.41) is 22.9. The number of carboxylic acid groups (broad SMARTS) is 2. The third-order valence-corrected chi connectivity index (χ3v) is 8.50. The standard InChI is InChI=1S/C33H39FN4O3.C2HF3O2/c1-23-21-37(14-15-38(23)33(40)41)22-27-5-3-6-28(18-27)30-19-26(8-9-31(30)34)20-36-32(39)29-7-2-4-25(17-29)16-24-10-12-35-13-11-24;3-2(4,5)1(6)7/h2-9,17-19,23-24,35H,10-16,20-22H2,1H3,(H,36,39)(H,40,41);(H,6,7)/t23-;/m0./s1. The van der Waals surface area contributed by atoms with Crippen LogP contribution in [-0.2, 0) is 24.3 Å². The minimum atomic E-state index is -5.08. The van der Waals surface area contributed by atoms with Gasteiger partial charge in [0.1, 0.15) is 5.82 Å². The monoisotopic (exact) mass is 672 g/mol. The van der Waals surface area contributed by atoms with E-state index >= 15 is 0 Å². The second-order valence-electron chi connectivity index (χ2n) is 12.2. The van der Waals surface area contributed by atoms with E-state index in [-0.39, 0.29) is 17.8 Å². The number of piperidine rings is 1. The van der Waals surface area contributed by atoms with Crippen molar-refractivity contribution in [1.82, 2.24) is 20.4 Å². The van der Waals surface area contributed by atoms with Gasteiger partial charge in [-0.3, -0.25) is 9.69 Å². The normalized spacial score (nSPS) is 17.3. The molecule has 13 heteroatoms. The third kappa shape index (κ3) is 10.5. The Hall–Kier alpha value is -4.49. The first-order chi connectivity index (χ1) is 22.8. The van der Waals surface area contributed by atoms with Crippen molar-refractivity contribution in [3.05, 3.63) is 94.8 Å². The molecule has 3 aromatic rings. The molecule has 0 radical (unpaired) electrons. The van der Waals surface area contributed by atoms with Gasteiger partial charge >= 0.3 is 18.2 Å². The number of amides is 2. The fourth-order valence-corrected chi connectivity index (χ4v) is 6.00. The summed E-state index contributed by atoms with van der Waals surface area (Å²) in [5.41, 5.74) is 4.96. The van der Waals surface area contributed by atoms with Gasteiger partial charge in [0.25, 0.3) is 5.91 Å². The predicted molar refractivity (Wildman–Crippen MR) is 172 cm³/mol. The number of hydrogen-bond acceptors (Lipinski definition) is 5.